The summed E-state index contributed by atoms with van der Waals surface area (Å²) in [7, 11) is 1.72. The van der Waals surface area contributed by atoms with Gasteiger partial charge in [0.25, 0.3) is 11.5 Å². The Morgan fingerprint density at radius 2 is 2.18 bits per heavy atom. The van der Waals surface area contributed by atoms with Gasteiger partial charge in [0.1, 0.15) is 5.01 Å². The Hall–Kier alpha value is -1.99. The first-order valence-electron chi connectivity index (χ1n) is 6.53. The first-order chi connectivity index (χ1) is 10.5. The maximum absolute atomic E-state index is 12.4. The number of fused-ring (bicyclic) bond motifs is 1. The van der Waals surface area contributed by atoms with Gasteiger partial charge in [-0.3, -0.25) is 9.59 Å². The zero-order valence-corrected chi connectivity index (χ0v) is 14.1. The van der Waals surface area contributed by atoms with E-state index in [1.165, 1.54) is 12.3 Å². The molecule has 1 amide bonds. The van der Waals surface area contributed by atoms with Crippen molar-refractivity contribution < 1.29 is 4.79 Å². The molecule has 3 rings (SSSR count). The fourth-order valence-corrected chi connectivity index (χ4v) is 3.44. The van der Waals surface area contributed by atoms with E-state index >= 15 is 0 Å². The molecule has 5 nitrogen and oxygen atoms in total. The number of rotatable bonds is 3. The number of aromatic amines is 1. The topological polar surface area (TPSA) is 66.1 Å². The number of hydrogen-bond donors (Lipinski definition) is 1. The minimum atomic E-state index is -0.259. The van der Waals surface area contributed by atoms with Crippen LogP contribution in [0.3, 0.4) is 0 Å². The van der Waals surface area contributed by atoms with Crippen LogP contribution in [0, 0.1) is 0 Å². The largest absolute Gasteiger partial charge is 0.335 e. The molecule has 1 N–H and O–H groups in total. The summed E-state index contributed by atoms with van der Waals surface area (Å²) < 4.78 is 1.44. The second kappa shape index (κ2) is 6.02. The molecule has 0 aliphatic heterocycles. The van der Waals surface area contributed by atoms with E-state index < -0.39 is 0 Å². The van der Waals surface area contributed by atoms with E-state index in [9.17, 15) is 9.59 Å². The summed E-state index contributed by atoms with van der Waals surface area (Å²) in [4.78, 5) is 32.3. The van der Waals surface area contributed by atoms with Crippen LogP contribution in [0.1, 0.15) is 15.4 Å². The van der Waals surface area contributed by atoms with Crippen molar-refractivity contribution in [3.05, 3.63) is 61.9 Å². The fourth-order valence-electron chi connectivity index (χ4n) is 2.06. The van der Waals surface area contributed by atoms with Gasteiger partial charge >= 0.3 is 0 Å². The van der Waals surface area contributed by atoms with Crippen LogP contribution in [0.5, 0.6) is 0 Å². The second-order valence-electron chi connectivity index (χ2n) is 4.80. The van der Waals surface area contributed by atoms with E-state index in [4.69, 9.17) is 0 Å². The minimum Gasteiger partial charge on any atom is -0.335 e. The summed E-state index contributed by atoms with van der Waals surface area (Å²) in [6.45, 7) is 0.426. The number of aromatic nitrogens is 2. The monoisotopic (exact) mass is 377 g/mol. The van der Waals surface area contributed by atoms with Crippen molar-refractivity contribution in [1.29, 1.82) is 0 Å². The zero-order valence-electron chi connectivity index (χ0n) is 11.7. The molecule has 22 heavy (non-hydrogen) atoms. The van der Waals surface area contributed by atoms with Gasteiger partial charge in [0.15, 0.2) is 0 Å². The highest BCUT2D eigenvalue weighted by atomic mass is 79.9. The first-order valence-corrected chi connectivity index (χ1v) is 8.13. The lowest BCUT2D eigenvalue weighted by Crippen LogP contribution is -2.27. The normalized spacial score (nSPS) is 10.8. The smallest absolute Gasteiger partial charge is 0.262 e. The van der Waals surface area contributed by atoms with Gasteiger partial charge in [-0.1, -0.05) is 12.1 Å². The number of halogens is 1. The highest BCUT2D eigenvalue weighted by molar-refractivity contribution is 9.10. The average Bonchev–Trinajstić information content (AvgIpc) is 2.91. The van der Waals surface area contributed by atoms with Gasteiger partial charge in [-0.25, -0.2) is 4.98 Å². The molecule has 7 heteroatoms. The van der Waals surface area contributed by atoms with Crippen molar-refractivity contribution in [2.24, 2.45) is 0 Å². The van der Waals surface area contributed by atoms with E-state index in [2.05, 4.69) is 25.9 Å². The molecular weight excluding hydrogens is 366 g/mol. The maximum Gasteiger partial charge on any atom is 0.262 e. The number of carbonyl (C=O) groups excluding carboxylic acids is 1. The van der Waals surface area contributed by atoms with Crippen LogP contribution in [0.2, 0.25) is 0 Å². The number of nitrogens with one attached hydrogen (secondary N) is 1. The van der Waals surface area contributed by atoms with Crippen LogP contribution in [0.15, 0.2) is 45.8 Å². The number of thiazole rings is 1. The SMILES string of the molecule is CN(Cc1nc2ccccc2s1)C(=O)c1c[nH]c(=O)c(Br)c1. The Kier molecular flexibility index (Phi) is 4.08. The molecule has 2 heterocycles. The molecule has 0 radical (unpaired) electrons. The minimum absolute atomic E-state index is 0.170. The summed E-state index contributed by atoms with van der Waals surface area (Å²) in [5.41, 5.74) is 1.11. The molecule has 2 aromatic heterocycles. The van der Waals surface area contributed by atoms with Crippen LogP contribution in [0.25, 0.3) is 10.2 Å². The quantitative estimate of drug-likeness (QED) is 0.762. The molecule has 112 valence electrons. The van der Waals surface area contributed by atoms with Gasteiger partial charge in [-0.15, -0.1) is 11.3 Å². The third-order valence-electron chi connectivity index (χ3n) is 3.16. The van der Waals surface area contributed by atoms with E-state index in [1.807, 2.05) is 24.3 Å². The Labute approximate surface area is 138 Å². The van der Waals surface area contributed by atoms with Crippen molar-refractivity contribution in [3.63, 3.8) is 0 Å². The summed E-state index contributed by atoms with van der Waals surface area (Å²) in [5, 5.41) is 0.876. The first kappa shape index (κ1) is 14.9. The van der Waals surface area contributed by atoms with Crippen LogP contribution >= 0.6 is 27.3 Å². The lowest BCUT2D eigenvalue weighted by Gasteiger charge is -2.15. The number of hydrogen-bond acceptors (Lipinski definition) is 4. The van der Waals surface area contributed by atoms with Crippen LogP contribution < -0.4 is 5.56 Å². The highest BCUT2D eigenvalue weighted by Crippen LogP contribution is 2.22. The lowest BCUT2D eigenvalue weighted by atomic mass is 10.2. The molecule has 0 aliphatic rings. The third kappa shape index (κ3) is 2.95. The van der Waals surface area contributed by atoms with Gasteiger partial charge < -0.3 is 9.88 Å². The number of carbonyl (C=O) groups is 1. The Morgan fingerprint density at radius 3 is 2.91 bits per heavy atom. The summed E-state index contributed by atoms with van der Waals surface area (Å²) >= 11 is 4.70. The molecule has 0 unspecified atom stereocenters. The van der Waals surface area contributed by atoms with Crippen LogP contribution in [-0.2, 0) is 6.54 Å². The Balaban J connectivity index is 1.80. The van der Waals surface area contributed by atoms with Gasteiger partial charge in [0, 0.05) is 13.2 Å². The molecule has 0 aliphatic carbocycles. The number of H-pyrrole nitrogens is 1. The number of amides is 1. The molecule has 0 atom stereocenters. The predicted octanol–water partition coefficient (Wildman–Crippen LogP) is 3.02. The number of para-hydroxylation sites is 1. The average molecular weight is 378 g/mol. The van der Waals surface area contributed by atoms with E-state index in [0.717, 1.165) is 15.2 Å². The molecular formula is C15H12BrN3O2S. The molecule has 0 fully saturated rings. The van der Waals surface area contributed by atoms with E-state index in [1.54, 1.807) is 23.3 Å². The van der Waals surface area contributed by atoms with Crippen molar-refractivity contribution in [2.45, 2.75) is 6.54 Å². The second-order valence-corrected chi connectivity index (χ2v) is 6.77. The van der Waals surface area contributed by atoms with Crippen molar-refractivity contribution in [3.8, 4) is 0 Å². The van der Waals surface area contributed by atoms with Crippen molar-refractivity contribution >= 4 is 43.4 Å². The summed E-state index contributed by atoms with van der Waals surface area (Å²) in [6, 6.07) is 9.40. The zero-order chi connectivity index (χ0) is 15.7. The van der Waals surface area contributed by atoms with E-state index in [-0.39, 0.29) is 11.5 Å². The maximum atomic E-state index is 12.4. The molecule has 3 aromatic rings. The molecule has 1 aromatic carbocycles. The number of nitrogens with zero attached hydrogens (tertiary/aromatic N) is 2. The number of pyridine rings is 1. The van der Waals surface area contributed by atoms with Gasteiger partial charge in [0.2, 0.25) is 0 Å². The number of benzene rings is 1. The fraction of sp³-hybridized carbons (Fsp3) is 0.133. The molecule has 0 spiro atoms. The summed E-state index contributed by atoms with van der Waals surface area (Å²) in [6.07, 6.45) is 1.42. The molecule has 0 saturated carbocycles. The van der Waals surface area contributed by atoms with Crippen LogP contribution in [0.4, 0.5) is 0 Å². The Bertz CT molecular complexity index is 870. The predicted molar refractivity (Wildman–Crippen MR) is 90.2 cm³/mol. The van der Waals surface area contributed by atoms with Gasteiger partial charge in [-0.2, -0.15) is 0 Å². The standard InChI is InChI=1S/C15H12BrN3O2S/c1-19(15(21)9-6-10(16)14(20)17-7-9)8-13-18-11-4-2-3-5-12(11)22-13/h2-7H,8H2,1H3,(H,17,20). The third-order valence-corrected chi connectivity index (χ3v) is 4.77. The molecule has 0 bridgehead atoms. The molecule has 0 saturated heterocycles. The van der Waals surface area contributed by atoms with E-state index in [0.29, 0.717) is 16.6 Å². The lowest BCUT2D eigenvalue weighted by molar-refractivity contribution is 0.0784. The Morgan fingerprint density at radius 1 is 1.41 bits per heavy atom. The van der Waals surface area contributed by atoms with Crippen molar-refractivity contribution in [2.75, 3.05) is 7.05 Å². The van der Waals surface area contributed by atoms with Gasteiger partial charge in [-0.05, 0) is 34.1 Å². The van der Waals surface area contributed by atoms with Crippen LogP contribution in [-0.4, -0.2) is 27.8 Å². The van der Waals surface area contributed by atoms with Gasteiger partial charge in [0.05, 0.1) is 26.8 Å². The highest BCUT2D eigenvalue weighted by Gasteiger charge is 2.15. The summed E-state index contributed by atoms with van der Waals surface area (Å²) in [5.74, 6) is -0.170. The van der Waals surface area contributed by atoms with Crippen molar-refractivity contribution in [1.82, 2.24) is 14.9 Å².